The van der Waals surface area contributed by atoms with Crippen molar-refractivity contribution in [3.8, 4) is 16.9 Å². The van der Waals surface area contributed by atoms with Crippen LogP contribution in [0.15, 0.2) is 54.6 Å². The highest BCUT2D eigenvalue weighted by molar-refractivity contribution is 5.63. The van der Waals surface area contributed by atoms with E-state index in [0.29, 0.717) is 13.2 Å². The standard InChI is InChI=1S/C21H27NO3/c1-16-12-22(13-17(2)25-16)14-20(23)15-24-21-10-8-19(9-11-21)18-6-4-3-5-7-18/h3-11,16-17,20,23H,12-15H2,1-2H3/t16-,17+,20-/m1/s1. The number of benzene rings is 2. The number of ether oxygens (including phenoxy) is 2. The summed E-state index contributed by atoms with van der Waals surface area (Å²) >= 11 is 0. The summed E-state index contributed by atoms with van der Waals surface area (Å²) < 4.78 is 11.5. The summed E-state index contributed by atoms with van der Waals surface area (Å²) in [6.07, 6.45) is -0.0869. The molecule has 0 aliphatic carbocycles. The zero-order chi connectivity index (χ0) is 17.6. The fraction of sp³-hybridized carbons (Fsp3) is 0.429. The van der Waals surface area contributed by atoms with Crippen molar-refractivity contribution >= 4 is 0 Å². The lowest BCUT2D eigenvalue weighted by Crippen LogP contribution is -2.48. The number of nitrogens with zero attached hydrogens (tertiary/aromatic N) is 1. The Balaban J connectivity index is 1.48. The Morgan fingerprint density at radius 2 is 1.60 bits per heavy atom. The molecule has 0 spiro atoms. The van der Waals surface area contributed by atoms with Gasteiger partial charge in [-0.1, -0.05) is 42.5 Å². The molecule has 2 aromatic rings. The van der Waals surface area contributed by atoms with E-state index >= 15 is 0 Å². The van der Waals surface area contributed by atoms with Gasteiger partial charge in [0.1, 0.15) is 18.5 Å². The highest BCUT2D eigenvalue weighted by Crippen LogP contribution is 2.22. The van der Waals surface area contributed by atoms with Crippen LogP contribution in [0, 0.1) is 0 Å². The van der Waals surface area contributed by atoms with Gasteiger partial charge < -0.3 is 14.6 Å². The Morgan fingerprint density at radius 1 is 1.00 bits per heavy atom. The molecule has 1 heterocycles. The number of hydrogen-bond donors (Lipinski definition) is 1. The quantitative estimate of drug-likeness (QED) is 0.876. The predicted octanol–water partition coefficient (Wildman–Crippen LogP) is 3.20. The minimum absolute atomic E-state index is 0.211. The van der Waals surface area contributed by atoms with E-state index in [1.54, 1.807) is 0 Å². The summed E-state index contributed by atoms with van der Waals surface area (Å²) in [5, 5.41) is 10.3. The summed E-state index contributed by atoms with van der Waals surface area (Å²) in [4.78, 5) is 2.24. The predicted molar refractivity (Wildman–Crippen MR) is 99.8 cm³/mol. The van der Waals surface area contributed by atoms with Gasteiger partial charge in [0, 0.05) is 19.6 Å². The van der Waals surface area contributed by atoms with Crippen LogP contribution in [-0.4, -0.2) is 54.6 Å². The molecule has 0 aromatic heterocycles. The molecule has 4 heteroatoms. The van der Waals surface area contributed by atoms with Gasteiger partial charge in [0.05, 0.1) is 12.2 Å². The van der Waals surface area contributed by atoms with E-state index in [1.165, 1.54) is 5.56 Å². The SMILES string of the molecule is C[C@@H]1CN(C[C@@H](O)COc2ccc(-c3ccccc3)cc2)C[C@H](C)O1. The van der Waals surface area contributed by atoms with E-state index in [9.17, 15) is 5.11 Å². The third-order valence-electron chi connectivity index (χ3n) is 4.37. The fourth-order valence-electron chi connectivity index (χ4n) is 3.35. The molecule has 0 bridgehead atoms. The van der Waals surface area contributed by atoms with Crippen molar-refractivity contribution in [2.75, 3.05) is 26.2 Å². The molecule has 1 aliphatic rings. The van der Waals surface area contributed by atoms with Crippen LogP contribution in [0.1, 0.15) is 13.8 Å². The van der Waals surface area contributed by atoms with Gasteiger partial charge in [0.2, 0.25) is 0 Å². The number of rotatable bonds is 6. The van der Waals surface area contributed by atoms with Crippen molar-refractivity contribution in [1.82, 2.24) is 4.90 Å². The van der Waals surface area contributed by atoms with Gasteiger partial charge >= 0.3 is 0 Å². The third-order valence-corrected chi connectivity index (χ3v) is 4.37. The second-order valence-corrected chi connectivity index (χ2v) is 6.83. The molecule has 0 unspecified atom stereocenters. The van der Waals surface area contributed by atoms with Crippen molar-refractivity contribution in [1.29, 1.82) is 0 Å². The summed E-state index contributed by atoms with van der Waals surface area (Å²) in [7, 11) is 0. The van der Waals surface area contributed by atoms with Crippen LogP contribution in [0.3, 0.4) is 0 Å². The number of β-amino-alcohol motifs (C(OH)–C–C–N with tert-alkyl or cyclic N) is 1. The zero-order valence-electron chi connectivity index (χ0n) is 15.0. The molecular formula is C21H27NO3. The molecule has 0 radical (unpaired) electrons. The minimum atomic E-state index is -0.508. The molecular weight excluding hydrogens is 314 g/mol. The Hall–Kier alpha value is -1.88. The summed E-state index contributed by atoms with van der Waals surface area (Å²) in [6, 6.07) is 18.2. The lowest BCUT2D eigenvalue weighted by molar-refractivity contribution is -0.0786. The molecule has 3 atom stereocenters. The van der Waals surface area contributed by atoms with Gasteiger partial charge in [-0.3, -0.25) is 4.90 Å². The first-order valence-electron chi connectivity index (χ1n) is 8.94. The Bertz CT molecular complexity index is 634. The lowest BCUT2D eigenvalue weighted by atomic mass is 10.1. The van der Waals surface area contributed by atoms with E-state index in [2.05, 4.69) is 30.9 Å². The van der Waals surface area contributed by atoms with Crippen molar-refractivity contribution in [2.24, 2.45) is 0 Å². The molecule has 0 amide bonds. The Labute approximate surface area is 150 Å². The first-order valence-corrected chi connectivity index (χ1v) is 8.94. The van der Waals surface area contributed by atoms with Gasteiger partial charge in [-0.2, -0.15) is 0 Å². The van der Waals surface area contributed by atoms with Gasteiger partial charge in [-0.25, -0.2) is 0 Å². The van der Waals surface area contributed by atoms with Crippen molar-refractivity contribution < 1.29 is 14.6 Å². The maximum Gasteiger partial charge on any atom is 0.119 e. The molecule has 25 heavy (non-hydrogen) atoms. The molecule has 1 aliphatic heterocycles. The van der Waals surface area contributed by atoms with Crippen molar-refractivity contribution in [3.05, 3.63) is 54.6 Å². The van der Waals surface area contributed by atoms with E-state index in [-0.39, 0.29) is 12.2 Å². The lowest BCUT2D eigenvalue weighted by Gasteiger charge is -2.36. The number of aliphatic hydroxyl groups excluding tert-OH is 1. The van der Waals surface area contributed by atoms with Crippen LogP contribution in [-0.2, 0) is 4.74 Å². The average Bonchev–Trinajstić information content (AvgIpc) is 2.60. The maximum absolute atomic E-state index is 10.3. The first-order chi connectivity index (χ1) is 12.1. The van der Waals surface area contributed by atoms with E-state index < -0.39 is 6.10 Å². The summed E-state index contributed by atoms with van der Waals surface area (Å²) in [5.41, 5.74) is 2.34. The second kappa shape index (κ2) is 8.48. The largest absolute Gasteiger partial charge is 0.491 e. The molecule has 1 saturated heterocycles. The number of hydrogen-bond acceptors (Lipinski definition) is 4. The molecule has 1 N–H and O–H groups in total. The third kappa shape index (κ3) is 5.30. The van der Waals surface area contributed by atoms with Gasteiger partial charge in [-0.05, 0) is 37.1 Å². The fourth-order valence-corrected chi connectivity index (χ4v) is 3.35. The van der Waals surface area contributed by atoms with Crippen LogP contribution >= 0.6 is 0 Å². The smallest absolute Gasteiger partial charge is 0.119 e. The first kappa shape index (κ1) is 17.9. The molecule has 134 valence electrons. The molecule has 3 rings (SSSR count). The van der Waals surface area contributed by atoms with Crippen LogP contribution in [0.2, 0.25) is 0 Å². The summed E-state index contributed by atoms with van der Waals surface area (Å²) in [6.45, 7) is 6.75. The number of morpholine rings is 1. The van der Waals surface area contributed by atoms with E-state index in [1.807, 2.05) is 42.5 Å². The summed E-state index contributed by atoms with van der Waals surface area (Å²) in [5.74, 6) is 0.780. The Morgan fingerprint density at radius 3 is 2.24 bits per heavy atom. The minimum Gasteiger partial charge on any atom is -0.491 e. The molecule has 4 nitrogen and oxygen atoms in total. The highest BCUT2D eigenvalue weighted by atomic mass is 16.5. The van der Waals surface area contributed by atoms with E-state index in [4.69, 9.17) is 9.47 Å². The number of aliphatic hydroxyl groups is 1. The monoisotopic (exact) mass is 341 g/mol. The Kier molecular flexibility index (Phi) is 6.08. The molecule has 0 saturated carbocycles. The van der Waals surface area contributed by atoms with Gasteiger partial charge in [0.25, 0.3) is 0 Å². The normalized spacial score (nSPS) is 22.5. The zero-order valence-corrected chi connectivity index (χ0v) is 15.0. The maximum atomic E-state index is 10.3. The van der Waals surface area contributed by atoms with Crippen molar-refractivity contribution in [2.45, 2.75) is 32.2 Å². The topological polar surface area (TPSA) is 41.9 Å². The van der Waals surface area contributed by atoms with E-state index in [0.717, 1.165) is 24.4 Å². The molecule has 2 aromatic carbocycles. The van der Waals surface area contributed by atoms with Crippen LogP contribution in [0.4, 0.5) is 0 Å². The van der Waals surface area contributed by atoms with Crippen LogP contribution in [0.5, 0.6) is 5.75 Å². The van der Waals surface area contributed by atoms with Gasteiger partial charge in [-0.15, -0.1) is 0 Å². The van der Waals surface area contributed by atoms with Gasteiger partial charge in [0.15, 0.2) is 0 Å². The van der Waals surface area contributed by atoms with Crippen molar-refractivity contribution in [3.63, 3.8) is 0 Å². The molecule has 1 fully saturated rings. The highest BCUT2D eigenvalue weighted by Gasteiger charge is 2.23. The average molecular weight is 341 g/mol. The second-order valence-electron chi connectivity index (χ2n) is 6.83. The van der Waals surface area contributed by atoms with Crippen LogP contribution in [0.25, 0.3) is 11.1 Å². The van der Waals surface area contributed by atoms with Crippen LogP contribution < -0.4 is 4.74 Å².